The van der Waals surface area contributed by atoms with Gasteiger partial charge in [0.15, 0.2) is 0 Å². The molecule has 164 valence electrons. The highest BCUT2D eigenvalue weighted by Gasteiger charge is 2.54. The summed E-state index contributed by atoms with van der Waals surface area (Å²) < 4.78 is 25.1. The van der Waals surface area contributed by atoms with Crippen LogP contribution in [-0.2, 0) is 16.0 Å². The molecule has 0 unspecified atom stereocenters. The number of fused-ring (bicyclic) bond motifs is 1. The molecule has 4 fully saturated rings. The highest BCUT2D eigenvalue weighted by Crippen LogP contribution is 2.53. The lowest BCUT2D eigenvalue weighted by Gasteiger charge is -2.60. The van der Waals surface area contributed by atoms with Crippen LogP contribution >= 0.6 is 0 Å². The van der Waals surface area contributed by atoms with E-state index in [1.807, 2.05) is 9.80 Å². The summed E-state index contributed by atoms with van der Waals surface area (Å²) >= 11 is 0. The number of likely N-dealkylation sites (tertiary alicyclic amines) is 2. The molecule has 1 saturated carbocycles. The molecule has 1 N–H and O–H groups in total. The van der Waals surface area contributed by atoms with Crippen LogP contribution in [0.4, 0.5) is 9.18 Å². The molecular formula is C22H30FN3O4. The number of methoxy groups -OCH3 is 1. The molecule has 3 aliphatic heterocycles. The Kier molecular flexibility index (Phi) is 4.84. The number of carbonyl (C=O) groups is 2. The third-order valence-electron chi connectivity index (χ3n) is 7.15. The van der Waals surface area contributed by atoms with Gasteiger partial charge in [0.05, 0.1) is 19.3 Å². The molecule has 5 rings (SSSR count). The van der Waals surface area contributed by atoms with Crippen LogP contribution in [0.2, 0.25) is 0 Å². The number of hydrogen-bond acceptors (Lipinski definition) is 4. The summed E-state index contributed by atoms with van der Waals surface area (Å²) in [5, 5.41) is 2.94. The lowest BCUT2D eigenvalue weighted by molar-refractivity contribution is -0.140. The zero-order valence-corrected chi connectivity index (χ0v) is 17.2. The van der Waals surface area contributed by atoms with Gasteiger partial charge in [-0.15, -0.1) is 0 Å². The van der Waals surface area contributed by atoms with Crippen molar-refractivity contribution in [2.75, 3.05) is 39.9 Å². The number of ether oxygens (including phenoxy) is 2. The second-order valence-electron chi connectivity index (χ2n) is 9.30. The zero-order valence-electron chi connectivity index (χ0n) is 17.2. The molecule has 1 aromatic rings. The highest BCUT2D eigenvalue weighted by molar-refractivity contribution is 5.79. The maximum absolute atomic E-state index is 14.2. The summed E-state index contributed by atoms with van der Waals surface area (Å²) in [5.74, 6) is 0.727. The van der Waals surface area contributed by atoms with Gasteiger partial charge in [-0.1, -0.05) is 6.07 Å². The number of carbonyl (C=O) groups excluding carboxylic acids is 2. The van der Waals surface area contributed by atoms with E-state index in [2.05, 4.69) is 5.32 Å². The van der Waals surface area contributed by atoms with Gasteiger partial charge in [0.25, 0.3) is 0 Å². The third-order valence-corrected chi connectivity index (χ3v) is 7.15. The minimum absolute atomic E-state index is 0. The fourth-order valence-electron chi connectivity index (χ4n) is 5.76. The van der Waals surface area contributed by atoms with Gasteiger partial charge < -0.3 is 24.6 Å². The van der Waals surface area contributed by atoms with Crippen molar-refractivity contribution in [1.29, 1.82) is 0 Å². The van der Waals surface area contributed by atoms with Gasteiger partial charge in [0.1, 0.15) is 18.2 Å². The van der Waals surface area contributed by atoms with Crippen molar-refractivity contribution in [3.05, 3.63) is 29.6 Å². The number of urea groups is 1. The van der Waals surface area contributed by atoms with Crippen LogP contribution in [0.25, 0.3) is 0 Å². The zero-order chi connectivity index (χ0) is 20.9. The molecule has 3 heterocycles. The molecule has 1 aromatic carbocycles. The normalized spacial score (nSPS) is 27.7. The van der Waals surface area contributed by atoms with Crippen molar-refractivity contribution in [2.24, 2.45) is 11.3 Å². The Morgan fingerprint density at radius 1 is 1.37 bits per heavy atom. The van der Waals surface area contributed by atoms with E-state index < -0.39 is 0 Å². The molecular weight excluding hydrogens is 389 g/mol. The topological polar surface area (TPSA) is 71.1 Å². The third kappa shape index (κ3) is 3.41. The summed E-state index contributed by atoms with van der Waals surface area (Å²) in [6, 6.07) is 4.91. The van der Waals surface area contributed by atoms with Crippen molar-refractivity contribution in [3.63, 3.8) is 0 Å². The number of rotatable bonds is 3. The van der Waals surface area contributed by atoms with E-state index in [1.54, 1.807) is 19.2 Å². The fourth-order valence-corrected chi connectivity index (χ4v) is 5.76. The molecule has 4 aliphatic rings. The number of nitrogens with zero attached hydrogens (tertiary/aromatic N) is 2. The SMILES string of the molecule is COc1cccc(F)c1CC1CC2(C1)CN(C(=O)N1CC[C@@H]3OCC(=O)N[C@@H]3C1)C2.[HH]. The van der Waals surface area contributed by atoms with E-state index in [4.69, 9.17) is 9.47 Å². The van der Waals surface area contributed by atoms with Gasteiger partial charge in [0.2, 0.25) is 5.91 Å². The second kappa shape index (κ2) is 7.41. The molecule has 0 radical (unpaired) electrons. The van der Waals surface area contributed by atoms with Crippen LogP contribution < -0.4 is 10.1 Å². The Hall–Kier alpha value is -2.35. The lowest BCUT2D eigenvalue weighted by atomic mass is 9.56. The van der Waals surface area contributed by atoms with Crippen molar-refractivity contribution in [2.45, 2.75) is 37.8 Å². The first-order valence-corrected chi connectivity index (χ1v) is 10.7. The van der Waals surface area contributed by atoms with E-state index >= 15 is 0 Å². The van der Waals surface area contributed by atoms with Crippen LogP contribution in [-0.4, -0.2) is 73.8 Å². The van der Waals surface area contributed by atoms with Crippen LogP contribution in [0.1, 0.15) is 26.3 Å². The minimum Gasteiger partial charge on any atom is -0.496 e. The number of morpholine rings is 1. The van der Waals surface area contributed by atoms with E-state index in [1.165, 1.54) is 6.07 Å². The molecule has 3 amide bonds. The van der Waals surface area contributed by atoms with Gasteiger partial charge in [0, 0.05) is 38.6 Å². The molecule has 0 aromatic heterocycles. The van der Waals surface area contributed by atoms with Crippen molar-refractivity contribution >= 4 is 11.9 Å². The second-order valence-corrected chi connectivity index (χ2v) is 9.30. The average molecular weight is 419 g/mol. The smallest absolute Gasteiger partial charge is 0.320 e. The van der Waals surface area contributed by atoms with E-state index in [0.29, 0.717) is 36.7 Å². The fraction of sp³-hybridized carbons (Fsp3) is 0.636. The number of piperidine rings is 1. The molecule has 8 heteroatoms. The quantitative estimate of drug-likeness (QED) is 0.814. The first-order chi connectivity index (χ1) is 14.5. The van der Waals surface area contributed by atoms with Crippen molar-refractivity contribution in [3.8, 4) is 5.75 Å². The summed E-state index contributed by atoms with van der Waals surface area (Å²) in [4.78, 5) is 28.2. The molecule has 1 spiro atoms. The Morgan fingerprint density at radius 2 is 2.17 bits per heavy atom. The van der Waals surface area contributed by atoms with Gasteiger partial charge >= 0.3 is 6.03 Å². The van der Waals surface area contributed by atoms with Crippen LogP contribution in [0.3, 0.4) is 0 Å². The Morgan fingerprint density at radius 3 is 2.93 bits per heavy atom. The largest absolute Gasteiger partial charge is 0.496 e. The van der Waals surface area contributed by atoms with Gasteiger partial charge in [-0.05, 0) is 43.7 Å². The van der Waals surface area contributed by atoms with Gasteiger partial charge in [-0.3, -0.25) is 4.79 Å². The molecule has 3 saturated heterocycles. The predicted molar refractivity (Wildman–Crippen MR) is 109 cm³/mol. The summed E-state index contributed by atoms with van der Waals surface area (Å²) in [5.41, 5.74) is 0.853. The molecule has 7 nitrogen and oxygen atoms in total. The van der Waals surface area contributed by atoms with Crippen LogP contribution in [0, 0.1) is 17.2 Å². The van der Waals surface area contributed by atoms with Gasteiger partial charge in [-0.2, -0.15) is 0 Å². The maximum Gasteiger partial charge on any atom is 0.320 e. The summed E-state index contributed by atoms with van der Waals surface area (Å²) in [6.07, 6.45) is 3.48. The first-order valence-electron chi connectivity index (χ1n) is 10.7. The first kappa shape index (κ1) is 19.6. The number of benzene rings is 1. The lowest BCUT2D eigenvalue weighted by Crippen LogP contribution is -2.68. The number of hydrogen-bond donors (Lipinski definition) is 1. The van der Waals surface area contributed by atoms with E-state index in [-0.39, 0.29) is 43.3 Å². The Bertz CT molecular complexity index is 855. The molecule has 1 aliphatic carbocycles. The van der Waals surface area contributed by atoms with E-state index in [9.17, 15) is 14.0 Å². The van der Waals surface area contributed by atoms with Crippen molar-refractivity contribution < 1.29 is 24.9 Å². The maximum atomic E-state index is 14.2. The molecule has 0 bridgehead atoms. The number of amides is 3. The monoisotopic (exact) mass is 419 g/mol. The van der Waals surface area contributed by atoms with E-state index in [0.717, 1.165) is 32.4 Å². The molecule has 2 atom stereocenters. The number of halogens is 1. The van der Waals surface area contributed by atoms with Crippen LogP contribution in [0.15, 0.2) is 18.2 Å². The average Bonchev–Trinajstić information content (AvgIpc) is 2.68. The minimum atomic E-state index is -0.206. The summed E-state index contributed by atoms with van der Waals surface area (Å²) in [7, 11) is 1.57. The van der Waals surface area contributed by atoms with Gasteiger partial charge in [-0.25, -0.2) is 9.18 Å². The predicted octanol–water partition coefficient (Wildman–Crippen LogP) is 2.04. The summed E-state index contributed by atoms with van der Waals surface area (Å²) in [6.45, 7) is 2.82. The highest BCUT2D eigenvalue weighted by atomic mass is 19.1. The Balaban J connectivity index is 0.00000231. The number of nitrogens with one attached hydrogen (secondary N) is 1. The van der Waals surface area contributed by atoms with Crippen molar-refractivity contribution in [1.82, 2.24) is 15.1 Å². The Labute approximate surface area is 177 Å². The van der Waals surface area contributed by atoms with Crippen LogP contribution in [0.5, 0.6) is 5.75 Å². The molecule has 30 heavy (non-hydrogen) atoms. The standard InChI is InChI=1S/C22H28FN3O4.H2/c1-29-18-4-2-3-16(23)15(18)7-14-8-22(9-14)12-26(13-22)21(28)25-6-5-19-17(10-25)24-20(27)11-30-19;/h2-4,14,17,19H,5-13H2,1H3,(H,24,27);1H/t17-,19+;/m1./s1.